The van der Waals surface area contributed by atoms with Crippen LogP contribution >= 0.6 is 11.6 Å². The van der Waals surface area contributed by atoms with Crippen molar-refractivity contribution in [1.29, 1.82) is 0 Å². The molecule has 0 atom stereocenters. The van der Waals surface area contributed by atoms with Crippen molar-refractivity contribution in [1.82, 2.24) is 9.97 Å². The first-order chi connectivity index (χ1) is 8.60. The number of rotatable bonds is 3. The first-order valence-corrected chi connectivity index (χ1v) is 5.54. The average molecular weight is 272 g/mol. The molecular weight excluding hydrogens is 262 g/mol. The Morgan fingerprint density at radius 2 is 2.17 bits per heavy atom. The van der Waals surface area contributed by atoms with E-state index in [1.54, 1.807) is 7.05 Å². The summed E-state index contributed by atoms with van der Waals surface area (Å²) < 4.78 is 26.5. The molecule has 7 heteroatoms. The summed E-state index contributed by atoms with van der Waals surface area (Å²) in [4.78, 5) is 7.90. The van der Waals surface area contributed by atoms with E-state index in [1.165, 1.54) is 6.20 Å². The zero-order valence-electron chi connectivity index (χ0n) is 9.47. The largest absolute Gasteiger partial charge is 0.372 e. The smallest absolute Gasteiger partial charge is 0.229 e. The number of halogens is 3. The molecule has 1 aromatic heterocycles. The van der Waals surface area contributed by atoms with Gasteiger partial charge in [0.1, 0.15) is 22.5 Å². The second kappa shape index (κ2) is 5.30. The van der Waals surface area contributed by atoms with Crippen LogP contribution in [0.2, 0.25) is 5.02 Å². The quantitative estimate of drug-likeness (QED) is 0.886. The molecule has 0 aromatic carbocycles. The molecule has 0 fully saturated rings. The number of hydrogen-bond donors (Lipinski definition) is 2. The lowest BCUT2D eigenvalue weighted by Gasteiger charge is -2.12. The van der Waals surface area contributed by atoms with Crippen LogP contribution in [0.25, 0.3) is 0 Å². The van der Waals surface area contributed by atoms with Crippen LogP contribution < -0.4 is 10.6 Å². The van der Waals surface area contributed by atoms with Crippen LogP contribution in [-0.4, -0.2) is 17.0 Å². The van der Waals surface area contributed by atoms with Gasteiger partial charge in [-0.05, 0) is 6.08 Å². The van der Waals surface area contributed by atoms with Gasteiger partial charge in [-0.3, -0.25) is 0 Å². The molecule has 1 aliphatic carbocycles. The average Bonchev–Trinajstić information content (AvgIpc) is 2.36. The van der Waals surface area contributed by atoms with E-state index in [0.717, 1.165) is 12.5 Å². The standard InChI is InChI=1S/C11H10ClF2N4/c1-15-10-7(12)5-16-11(18-10)17-9-4-6(13)2-3-8(9)14/h2,4-5H,3H2,1H3,(H2,15,16,17,18). The predicted octanol–water partition coefficient (Wildman–Crippen LogP) is 3.23. The van der Waals surface area contributed by atoms with E-state index in [4.69, 9.17) is 11.6 Å². The number of allylic oxidation sites excluding steroid dienone is 3. The summed E-state index contributed by atoms with van der Waals surface area (Å²) in [7, 11) is 1.65. The lowest BCUT2D eigenvalue weighted by Crippen LogP contribution is -2.08. The number of nitrogens with zero attached hydrogens (tertiary/aromatic N) is 2. The van der Waals surface area contributed by atoms with Gasteiger partial charge >= 0.3 is 0 Å². The predicted molar refractivity (Wildman–Crippen MR) is 66.5 cm³/mol. The summed E-state index contributed by atoms with van der Waals surface area (Å²) >= 11 is 5.81. The van der Waals surface area contributed by atoms with E-state index in [2.05, 4.69) is 20.6 Å². The van der Waals surface area contributed by atoms with Crippen molar-refractivity contribution in [3.63, 3.8) is 0 Å². The maximum absolute atomic E-state index is 13.4. The first-order valence-electron chi connectivity index (χ1n) is 5.16. The third kappa shape index (κ3) is 2.76. The van der Waals surface area contributed by atoms with Crippen LogP contribution in [-0.2, 0) is 0 Å². The Balaban J connectivity index is 2.24. The number of hydrogen-bond acceptors (Lipinski definition) is 4. The molecule has 1 aliphatic rings. The molecule has 0 aliphatic heterocycles. The fourth-order valence-electron chi connectivity index (χ4n) is 1.40. The van der Waals surface area contributed by atoms with Gasteiger partial charge in [-0.25, -0.2) is 13.8 Å². The molecule has 1 heterocycles. The number of nitrogens with one attached hydrogen (secondary N) is 2. The fraction of sp³-hybridized carbons (Fsp3) is 0.182. The highest BCUT2D eigenvalue weighted by Crippen LogP contribution is 2.26. The molecule has 1 aromatic rings. The van der Waals surface area contributed by atoms with Crippen LogP contribution in [0, 0.1) is 6.42 Å². The third-order valence-corrected chi connectivity index (χ3v) is 2.55. The molecule has 0 spiro atoms. The minimum Gasteiger partial charge on any atom is -0.372 e. The highest BCUT2D eigenvalue weighted by Gasteiger charge is 2.15. The van der Waals surface area contributed by atoms with Gasteiger partial charge in [-0.2, -0.15) is 4.98 Å². The maximum Gasteiger partial charge on any atom is 0.229 e. The van der Waals surface area contributed by atoms with Gasteiger partial charge in [-0.1, -0.05) is 11.6 Å². The van der Waals surface area contributed by atoms with E-state index < -0.39 is 11.7 Å². The molecule has 0 bridgehead atoms. The van der Waals surface area contributed by atoms with Crippen molar-refractivity contribution in [3.8, 4) is 0 Å². The van der Waals surface area contributed by atoms with Gasteiger partial charge in [0.2, 0.25) is 5.95 Å². The normalized spacial score (nSPS) is 15.4. The topological polar surface area (TPSA) is 49.8 Å². The van der Waals surface area contributed by atoms with E-state index >= 15 is 0 Å². The van der Waals surface area contributed by atoms with E-state index in [0.29, 0.717) is 10.8 Å². The van der Waals surface area contributed by atoms with Crippen molar-refractivity contribution in [2.24, 2.45) is 0 Å². The van der Waals surface area contributed by atoms with Gasteiger partial charge < -0.3 is 10.6 Å². The van der Waals surface area contributed by atoms with Gasteiger partial charge in [0.05, 0.1) is 11.9 Å². The Kier molecular flexibility index (Phi) is 3.76. The van der Waals surface area contributed by atoms with E-state index in [-0.39, 0.29) is 18.1 Å². The van der Waals surface area contributed by atoms with Crippen LogP contribution in [0.1, 0.15) is 6.42 Å². The van der Waals surface area contributed by atoms with Crippen molar-refractivity contribution >= 4 is 23.4 Å². The Labute approximate surface area is 108 Å². The summed E-state index contributed by atoms with van der Waals surface area (Å²) in [6.07, 6.45) is 3.49. The lowest BCUT2D eigenvalue weighted by atomic mass is 10.1. The van der Waals surface area contributed by atoms with Crippen LogP contribution in [0.5, 0.6) is 0 Å². The Bertz CT molecular complexity index is 528. The summed E-state index contributed by atoms with van der Waals surface area (Å²) in [6, 6.07) is 0. The maximum atomic E-state index is 13.4. The molecule has 95 valence electrons. The molecule has 2 rings (SSSR count). The van der Waals surface area contributed by atoms with E-state index in [1.807, 2.05) is 0 Å². The SMILES string of the molecule is CNc1nc(NC2=C(F)C[CH]C(F)=C2)ncc1Cl. The van der Waals surface area contributed by atoms with Crippen LogP contribution in [0.15, 0.2) is 29.6 Å². The Morgan fingerprint density at radius 1 is 1.39 bits per heavy atom. The number of aromatic nitrogens is 2. The summed E-state index contributed by atoms with van der Waals surface area (Å²) in [5.74, 6) is -0.426. The second-order valence-electron chi connectivity index (χ2n) is 3.52. The first kappa shape index (κ1) is 12.8. The molecular formula is C11H10ClF2N4. The van der Waals surface area contributed by atoms with Crippen molar-refractivity contribution < 1.29 is 8.78 Å². The number of anilines is 2. The summed E-state index contributed by atoms with van der Waals surface area (Å²) in [6.45, 7) is 0. The molecule has 0 unspecified atom stereocenters. The molecule has 0 saturated heterocycles. The van der Waals surface area contributed by atoms with Crippen molar-refractivity contribution in [2.75, 3.05) is 17.7 Å². The monoisotopic (exact) mass is 271 g/mol. The lowest BCUT2D eigenvalue weighted by molar-refractivity contribution is 0.566. The van der Waals surface area contributed by atoms with Gasteiger partial charge in [-0.15, -0.1) is 0 Å². The van der Waals surface area contributed by atoms with Gasteiger partial charge in [0.25, 0.3) is 0 Å². The van der Waals surface area contributed by atoms with Crippen molar-refractivity contribution in [3.05, 3.63) is 41.1 Å². The molecule has 4 nitrogen and oxygen atoms in total. The van der Waals surface area contributed by atoms with Gasteiger partial charge in [0, 0.05) is 19.9 Å². The fourth-order valence-corrected chi connectivity index (χ4v) is 1.58. The van der Waals surface area contributed by atoms with Gasteiger partial charge in [0.15, 0.2) is 0 Å². The summed E-state index contributed by atoms with van der Waals surface area (Å²) in [5.41, 5.74) is 0.0133. The van der Waals surface area contributed by atoms with Crippen molar-refractivity contribution in [2.45, 2.75) is 6.42 Å². The summed E-state index contributed by atoms with van der Waals surface area (Å²) in [5, 5.41) is 5.72. The Morgan fingerprint density at radius 3 is 2.89 bits per heavy atom. The molecule has 0 amide bonds. The minimum absolute atomic E-state index is 0.0133. The second-order valence-corrected chi connectivity index (χ2v) is 3.93. The zero-order chi connectivity index (χ0) is 13.1. The highest BCUT2D eigenvalue weighted by atomic mass is 35.5. The molecule has 18 heavy (non-hydrogen) atoms. The zero-order valence-corrected chi connectivity index (χ0v) is 10.2. The van der Waals surface area contributed by atoms with Crippen LogP contribution in [0.4, 0.5) is 20.5 Å². The molecule has 0 saturated carbocycles. The highest BCUT2D eigenvalue weighted by molar-refractivity contribution is 6.32. The van der Waals surface area contributed by atoms with Crippen LogP contribution in [0.3, 0.4) is 0 Å². The molecule has 1 radical (unpaired) electrons. The Hall–Kier alpha value is -1.69. The van der Waals surface area contributed by atoms with E-state index in [9.17, 15) is 8.78 Å². The molecule has 2 N–H and O–H groups in total. The minimum atomic E-state index is -0.498. The third-order valence-electron chi connectivity index (χ3n) is 2.28.